The van der Waals surface area contributed by atoms with Gasteiger partial charge in [0.2, 0.25) is 0 Å². The van der Waals surface area contributed by atoms with Crippen LogP contribution in [0.3, 0.4) is 0 Å². The van der Waals surface area contributed by atoms with E-state index in [9.17, 15) is 9.90 Å². The van der Waals surface area contributed by atoms with Crippen LogP contribution in [0.2, 0.25) is 0 Å². The third-order valence-corrected chi connectivity index (χ3v) is 6.28. The predicted molar refractivity (Wildman–Crippen MR) is 109 cm³/mol. The zero-order chi connectivity index (χ0) is 19.6. The zero-order valence-electron chi connectivity index (χ0n) is 15.5. The van der Waals surface area contributed by atoms with Gasteiger partial charge in [-0.25, -0.2) is 0 Å². The smallest absolute Gasteiger partial charge is 0.251 e. The molecule has 7 heteroatoms. The number of ether oxygens (including phenoxy) is 1. The average molecular weight is 393 g/mol. The van der Waals surface area contributed by atoms with E-state index in [0.717, 1.165) is 22.2 Å². The van der Waals surface area contributed by atoms with Crippen LogP contribution in [0.4, 0.5) is 0 Å². The Balaban J connectivity index is 1.80. The molecule has 1 amide bonds. The van der Waals surface area contributed by atoms with Crippen molar-refractivity contribution in [2.45, 2.75) is 18.5 Å². The Hall–Kier alpha value is -3.06. The molecule has 2 aliphatic heterocycles. The number of para-hydroxylation sites is 2. The molecular formula is C21H19N3O3S. The number of H-pyrrole nitrogens is 1. The Kier molecular flexibility index (Phi) is 3.64. The number of nitrogens with zero attached hydrogens (tertiary/aromatic N) is 2. The number of aromatic amines is 1. The van der Waals surface area contributed by atoms with E-state index in [0.29, 0.717) is 22.8 Å². The summed E-state index contributed by atoms with van der Waals surface area (Å²) in [5, 5.41) is 12.4. The largest absolute Gasteiger partial charge is 0.504 e. The van der Waals surface area contributed by atoms with Crippen LogP contribution in [0.1, 0.15) is 22.9 Å². The number of aromatic hydroxyl groups is 1. The Morgan fingerprint density at radius 3 is 2.79 bits per heavy atom. The number of hydrogen-bond donors (Lipinski definition) is 2. The fraction of sp³-hybridized carbons (Fsp3) is 0.238. The summed E-state index contributed by atoms with van der Waals surface area (Å²) in [6.07, 6.45) is 0.573. The molecule has 1 saturated heterocycles. The van der Waals surface area contributed by atoms with Gasteiger partial charge in [0.05, 0.1) is 7.11 Å². The summed E-state index contributed by atoms with van der Waals surface area (Å²) in [4.78, 5) is 19.9. The van der Waals surface area contributed by atoms with Crippen molar-refractivity contribution >= 4 is 34.1 Å². The van der Waals surface area contributed by atoms with E-state index in [-0.39, 0.29) is 17.7 Å². The zero-order valence-corrected chi connectivity index (χ0v) is 16.3. The first kappa shape index (κ1) is 17.1. The van der Waals surface area contributed by atoms with Crippen LogP contribution in [0.5, 0.6) is 11.5 Å². The molecule has 0 saturated carbocycles. The number of amides is 1. The minimum absolute atomic E-state index is 0.0201. The number of nitrogens with one attached hydrogen (secondary N) is 1. The van der Waals surface area contributed by atoms with E-state index in [2.05, 4.69) is 11.1 Å². The highest BCUT2D eigenvalue weighted by atomic mass is 32.1. The van der Waals surface area contributed by atoms with E-state index >= 15 is 0 Å². The van der Waals surface area contributed by atoms with Gasteiger partial charge >= 0.3 is 0 Å². The third kappa shape index (κ3) is 2.13. The number of phenolic OH excluding ortho intramolecular Hbond substituents is 1. The van der Waals surface area contributed by atoms with Crippen molar-refractivity contribution in [1.82, 2.24) is 14.8 Å². The molecule has 0 spiro atoms. The highest BCUT2D eigenvalue weighted by molar-refractivity contribution is 7.80. The van der Waals surface area contributed by atoms with Gasteiger partial charge < -0.3 is 19.7 Å². The van der Waals surface area contributed by atoms with Crippen molar-refractivity contribution < 1.29 is 14.6 Å². The summed E-state index contributed by atoms with van der Waals surface area (Å²) in [7, 11) is 3.23. The number of likely N-dealkylation sites (N-methyl/N-ethyl adjacent to an activating group) is 1. The molecule has 1 fully saturated rings. The number of carbonyl (C=O) groups is 1. The van der Waals surface area contributed by atoms with Crippen LogP contribution in [0.25, 0.3) is 10.9 Å². The third-order valence-electron chi connectivity index (χ3n) is 5.80. The molecular weight excluding hydrogens is 374 g/mol. The molecule has 3 heterocycles. The van der Waals surface area contributed by atoms with E-state index in [1.807, 2.05) is 35.2 Å². The van der Waals surface area contributed by atoms with Crippen molar-refractivity contribution in [3.05, 3.63) is 59.3 Å². The first-order valence-electron chi connectivity index (χ1n) is 9.08. The minimum atomic E-state index is -0.405. The van der Waals surface area contributed by atoms with Gasteiger partial charge in [0.1, 0.15) is 12.1 Å². The second-order valence-corrected chi connectivity index (χ2v) is 7.54. The first-order valence-corrected chi connectivity index (χ1v) is 9.49. The summed E-state index contributed by atoms with van der Waals surface area (Å²) in [6, 6.07) is 12.7. The number of hydrogen-bond acceptors (Lipinski definition) is 4. The molecule has 28 heavy (non-hydrogen) atoms. The van der Waals surface area contributed by atoms with Gasteiger partial charge in [-0.1, -0.05) is 30.3 Å². The predicted octanol–water partition coefficient (Wildman–Crippen LogP) is 2.96. The Morgan fingerprint density at radius 2 is 2.00 bits per heavy atom. The fourth-order valence-corrected chi connectivity index (χ4v) is 4.78. The second-order valence-electron chi connectivity index (χ2n) is 7.17. The molecule has 2 aromatic carbocycles. The number of rotatable bonds is 2. The van der Waals surface area contributed by atoms with Gasteiger partial charge in [-0.05, 0) is 29.9 Å². The number of thiocarbonyl (C=S) groups is 1. The number of benzene rings is 2. The molecule has 2 atom stereocenters. The maximum absolute atomic E-state index is 12.9. The van der Waals surface area contributed by atoms with Crippen molar-refractivity contribution in [2.24, 2.45) is 0 Å². The lowest BCUT2D eigenvalue weighted by Gasteiger charge is -2.37. The van der Waals surface area contributed by atoms with Gasteiger partial charge in [-0.3, -0.25) is 9.69 Å². The lowest BCUT2D eigenvalue weighted by atomic mass is 9.88. The number of methoxy groups -OCH3 is 1. The van der Waals surface area contributed by atoms with Gasteiger partial charge in [-0.2, -0.15) is 0 Å². The molecule has 0 bridgehead atoms. The maximum Gasteiger partial charge on any atom is 0.251 e. The summed E-state index contributed by atoms with van der Waals surface area (Å²) < 4.78 is 5.31. The summed E-state index contributed by atoms with van der Waals surface area (Å²) in [6.45, 7) is 0. The van der Waals surface area contributed by atoms with Crippen LogP contribution >= 0.6 is 12.2 Å². The number of fused-ring (bicyclic) bond motifs is 4. The van der Waals surface area contributed by atoms with E-state index in [1.54, 1.807) is 13.1 Å². The number of phenols is 1. The Bertz CT molecular complexity index is 1140. The van der Waals surface area contributed by atoms with Gasteiger partial charge in [-0.15, -0.1) is 0 Å². The second kappa shape index (κ2) is 5.97. The number of aromatic nitrogens is 1. The van der Waals surface area contributed by atoms with Crippen molar-refractivity contribution in [2.75, 3.05) is 14.2 Å². The minimum Gasteiger partial charge on any atom is -0.504 e. The van der Waals surface area contributed by atoms with Crippen molar-refractivity contribution in [3.63, 3.8) is 0 Å². The lowest BCUT2D eigenvalue weighted by molar-refractivity contribution is -0.127. The fourth-order valence-electron chi connectivity index (χ4n) is 4.46. The summed E-state index contributed by atoms with van der Waals surface area (Å²) in [5.74, 6) is 0.431. The molecule has 0 radical (unpaired) electrons. The van der Waals surface area contributed by atoms with Crippen molar-refractivity contribution in [1.29, 1.82) is 0 Å². The van der Waals surface area contributed by atoms with E-state index in [1.165, 1.54) is 12.0 Å². The van der Waals surface area contributed by atoms with E-state index < -0.39 is 6.04 Å². The molecule has 2 unspecified atom stereocenters. The normalized spacial score (nSPS) is 21.2. The highest BCUT2D eigenvalue weighted by Gasteiger charge is 2.49. The molecule has 1 aromatic heterocycles. The van der Waals surface area contributed by atoms with Gasteiger partial charge in [0.15, 0.2) is 16.6 Å². The molecule has 3 aromatic rings. The molecule has 6 nitrogen and oxygen atoms in total. The van der Waals surface area contributed by atoms with Crippen molar-refractivity contribution in [3.8, 4) is 11.5 Å². The van der Waals surface area contributed by atoms with Crippen LogP contribution in [-0.2, 0) is 11.2 Å². The van der Waals surface area contributed by atoms with Crippen LogP contribution < -0.4 is 4.74 Å². The van der Waals surface area contributed by atoms with Gasteiger partial charge in [0, 0.05) is 35.6 Å². The topological polar surface area (TPSA) is 68.8 Å². The quantitative estimate of drug-likeness (QED) is 0.655. The standard InChI is InChI=1S/C21H19N3O3S/c1-23-20(26)15-10-13-11-6-3-4-8-14(11)22-17(13)18(24(15)21(23)28)12-7-5-9-16(27-2)19(12)25/h3-9,15,18,22,25H,10H2,1-2H3. The Morgan fingerprint density at radius 1 is 1.21 bits per heavy atom. The SMILES string of the molecule is COc1cccc(C2c3[nH]c4ccccc4c3CC3C(=O)N(C)C(=S)N32)c1O. The molecule has 2 N–H and O–H groups in total. The monoisotopic (exact) mass is 393 g/mol. The summed E-state index contributed by atoms with van der Waals surface area (Å²) in [5.41, 5.74) is 3.71. The van der Waals surface area contributed by atoms with Crippen LogP contribution in [0.15, 0.2) is 42.5 Å². The van der Waals surface area contributed by atoms with E-state index in [4.69, 9.17) is 17.0 Å². The van der Waals surface area contributed by atoms with Gasteiger partial charge in [0.25, 0.3) is 5.91 Å². The number of carbonyl (C=O) groups excluding carboxylic acids is 1. The Labute approximate surface area is 167 Å². The first-order chi connectivity index (χ1) is 13.5. The molecule has 0 aliphatic carbocycles. The maximum atomic E-state index is 12.9. The highest BCUT2D eigenvalue weighted by Crippen LogP contribution is 2.47. The molecule has 142 valence electrons. The van der Waals surface area contributed by atoms with Crippen LogP contribution in [0, 0.1) is 0 Å². The lowest BCUT2D eigenvalue weighted by Crippen LogP contribution is -2.44. The molecule has 5 rings (SSSR count). The average Bonchev–Trinajstić information content (AvgIpc) is 3.18. The van der Waals surface area contributed by atoms with Crippen LogP contribution in [-0.4, -0.2) is 51.1 Å². The molecule has 2 aliphatic rings. The summed E-state index contributed by atoms with van der Waals surface area (Å²) >= 11 is 5.61.